The summed E-state index contributed by atoms with van der Waals surface area (Å²) in [6.45, 7) is 10.9. The standard InChI is InChI=1S/C28H40N4O3/c1-6-35-22-16-14-21(15-17-22)32-25(33)23-18-24(27(2,3)4)30-31(23)19-28(32,5)26(34)29-20-12-10-8-7-9-11-13-20/h14-18,20H,6-13,19H2,1-5H3,(H,29,34). The lowest BCUT2D eigenvalue weighted by Crippen LogP contribution is -2.65. The summed E-state index contributed by atoms with van der Waals surface area (Å²) in [5.41, 5.74) is 0.725. The smallest absolute Gasteiger partial charge is 0.277 e. The molecule has 1 aromatic carbocycles. The van der Waals surface area contributed by atoms with Crippen molar-refractivity contribution in [2.75, 3.05) is 11.5 Å². The molecule has 0 bridgehead atoms. The molecule has 4 rings (SSSR count). The Bertz CT molecular complexity index is 1050. The number of amides is 2. The van der Waals surface area contributed by atoms with Crippen molar-refractivity contribution in [3.63, 3.8) is 0 Å². The molecule has 0 spiro atoms. The van der Waals surface area contributed by atoms with E-state index in [1.807, 2.05) is 44.2 Å². The third kappa shape index (κ3) is 5.24. The molecule has 2 amide bonds. The van der Waals surface area contributed by atoms with Gasteiger partial charge in [0.15, 0.2) is 0 Å². The average molecular weight is 481 g/mol. The molecule has 1 unspecified atom stereocenters. The summed E-state index contributed by atoms with van der Waals surface area (Å²) in [4.78, 5) is 29.5. The Morgan fingerprint density at radius 1 is 1.11 bits per heavy atom. The van der Waals surface area contributed by atoms with Gasteiger partial charge in [-0.05, 0) is 57.0 Å². The lowest BCUT2D eigenvalue weighted by molar-refractivity contribution is -0.127. The molecule has 7 nitrogen and oxygen atoms in total. The van der Waals surface area contributed by atoms with Gasteiger partial charge in [0.05, 0.1) is 18.8 Å². The monoisotopic (exact) mass is 480 g/mol. The summed E-state index contributed by atoms with van der Waals surface area (Å²) in [6, 6.07) is 9.44. The summed E-state index contributed by atoms with van der Waals surface area (Å²) >= 11 is 0. The van der Waals surface area contributed by atoms with Gasteiger partial charge in [-0.2, -0.15) is 5.10 Å². The van der Waals surface area contributed by atoms with Crippen molar-refractivity contribution < 1.29 is 14.3 Å². The van der Waals surface area contributed by atoms with Gasteiger partial charge in [0.2, 0.25) is 5.91 Å². The number of nitrogens with zero attached hydrogens (tertiary/aromatic N) is 3. The first-order chi connectivity index (χ1) is 16.6. The minimum absolute atomic E-state index is 0.122. The van der Waals surface area contributed by atoms with Crippen molar-refractivity contribution in [2.45, 2.75) is 103 Å². The minimum Gasteiger partial charge on any atom is -0.494 e. The molecule has 2 aliphatic rings. The van der Waals surface area contributed by atoms with E-state index in [-0.39, 0.29) is 23.3 Å². The molecule has 1 atom stereocenters. The van der Waals surface area contributed by atoms with E-state index in [0.717, 1.165) is 37.1 Å². The Hall–Kier alpha value is -2.83. The van der Waals surface area contributed by atoms with E-state index < -0.39 is 5.54 Å². The zero-order chi connectivity index (χ0) is 25.2. The lowest BCUT2D eigenvalue weighted by atomic mass is 9.90. The number of fused-ring (bicyclic) bond motifs is 1. The van der Waals surface area contributed by atoms with Crippen LogP contribution in [0.2, 0.25) is 0 Å². The number of hydrogen-bond donors (Lipinski definition) is 1. The molecule has 0 radical (unpaired) electrons. The molecule has 1 fully saturated rings. The molecule has 7 heteroatoms. The third-order valence-electron chi connectivity index (χ3n) is 7.26. The van der Waals surface area contributed by atoms with Crippen molar-refractivity contribution in [3.8, 4) is 5.75 Å². The Balaban J connectivity index is 1.71. The van der Waals surface area contributed by atoms with Crippen LogP contribution >= 0.6 is 0 Å². The van der Waals surface area contributed by atoms with E-state index >= 15 is 0 Å². The fourth-order valence-electron chi connectivity index (χ4n) is 5.15. The second kappa shape index (κ2) is 10.0. The number of benzene rings is 1. The molecule has 1 aromatic heterocycles. The van der Waals surface area contributed by atoms with Gasteiger partial charge in [-0.3, -0.25) is 19.2 Å². The summed E-state index contributed by atoms with van der Waals surface area (Å²) in [7, 11) is 0. The van der Waals surface area contributed by atoms with Crippen LogP contribution < -0.4 is 15.0 Å². The van der Waals surface area contributed by atoms with Gasteiger partial charge in [0.25, 0.3) is 5.91 Å². The number of rotatable bonds is 5. The molecular formula is C28H40N4O3. The van der Waals surface area contributed by atoms with Gasteiger partial charge in [0, 0.05) is 17.1 Å². The number of nitrogens with one attached hydrogen (secondary N) is 1. The molecule has 1 saturated carbocycles. The van der Waals surface area contributed by atoms with Crippen LogP contribution in [-0.2, 0) is 16.8 Å². The highest BCUT2D eigenvalue weighted by Gasteiger charge is 2.49. The first-order valence-corrected chi connectivity index (χ1v) is 13.1. The number of ether oxygens (including phenoxy) is 1. The van der Waals surface area contributed by atoms with E-state index in [4.69, 9.17) is 9.84 Å². The normalized spacial score (nSPS) is 21.7. The van der Waals surface area contributed by atoms with Crippen LogP contribution in [0.4, 0.5) is 5.69 Å². The average Bonchev–Trinajstić information content (AvgIpc) is 3.21. The Morgan fingerprint density at radius 2 is 1.74 bits per heavy atom. The van der Waals surface area contributed by atoms with Crippen LogP contribution in [0.5, 0.6) is 5.75 Å². The highest BCUT2D eigenvalue weighted by molar-refractivity contribution is 6.11. The SMILES string of the molecule is CCOc1ccc(N2C(=O)c3cc(C(C)(C)C)nn3CC2(C)C(=O)NC2CCCCCCC2)cc1. The molecule has 2 heterocycles. The predicted molar refractivity (Wildman–Crippen MR) is 138 cm³/mol. The van der Waals surface area contributed by atoms with E-state index in [1.165, 1.54) is 19.3 Å². The molecule has 35 heavy (non-hydrogen) atoms. The maximum atomic E-state index is 13.9. The number of aromatic nitrogens is 2. The summed E-state index contributed by atoms with van der Waals surface area (Å²) in [5.74, 6) is 0.406. The molecule has 0 saturated heterocycles. The Morgan fingerprint density at radius 3 is 2.34 bits per heavy atom. The van der Waals surface area contributed by atoms with Crippen LogP contribution in [0, 0.1) is 0 Å². The number of hydrogen-bond acceptors (Lipinski definition) is 4. The van der Waals surface area contributed by atoms with Gasteiger partial charge in [-0.1, -0.05) is 52.9 Å². The number of carbonyl (C=O) groups is 2. The number of carbonyl (C=O) groups excluding carboxylic acids is 2. The third-order valence-corrected chi connectivity index (χ3v) is 7.26. The van der Waals surface area contributed by atoms with E-state index in [1.54, 1.807) is 9.58 Å². The zero-order valence-corrected chi connectivity index (χ0v) is 21.9. The van der Waals surface area contributed by atoms with Crippen molar-refractivity contribution in [1.82, 2.24) is 15.1 Å². The second-order valence-electron chi connectivity index (χ2n) is 11.2. The van der Waals surface area contributed by atoms with Crippen molar-refractivity contribution >= 4 is 17.5 Å². The maximum absolute atomic E-state index is 13.9. The molecule has 1 N–H and O–H groups in total. The topological polar surface area (TPSA) is 76.5 Å². The van der Waals surface area contributed by atoms with Crippen LogP contribution in [0.3, 0.4) is 0 Å². The molecule has 2 aromatic rings. The quantitative estimate of drug-likeness (QED) is 0.636. The van der Waals surface area contributed by atoms with Gasteiger partial charge in [0.1, 0.15) is 17.0 Å². The second-order valence-corrected chi connectivity index (χ2v) is 11.2. The lowest BCUT2D eigenvalue weighted by Gasteiger charge is -2.43. The molecular weight excluding hydrogens is 440 g/mol. The van der Waals surface area contributed by atoms with Crippen LogP contribution in [0.15, 0.2) is 30.3 Å². The first-order valence-electron chi connectivity index (χ1n) is 13.1. The van der Waals surface area contributed by atoms with E-state index in [9.17, 15) is 9.59 Å². The fourth-order valence-corrected chi connectivity index (χ4v) is 5.15. The van der Waals surface area contributed by atoms with E-state index in [0.29, 0.717) is 24.5 Å². The molecule has 190 valence electrons. The first kappa shape index (κ1) is 25.3. The molecule has 1 aliphatic heterocycles. The van der Waals surface area contributed by atoms with Gasteiger partial charge >= 0.3 is 0 Å². The summed E-state index contributed by atoms with van der Waals surface area (Å²) in [5, 5.41) is 8.08. The fraction of sp³-hybridized carbons (Fsp3) is 0.607. The largest absolute Gasteiger partial charge is 0.494 e. The zero-order valence-electron chi connectivity index (χ0n) is 21.9. The predicted octanol–water partition coefficient (Wildman–Crippen LogP) is 5.23. The summed E-state index contributed by atoms with van der Waals surface area (Å²) < 4.78 is 7.33. The van der Waals surface area contributed by atoms with Crippen molar-refractivity contribution in [1.29, 1.82) is 0 Å². The summed E-state index contributed by atoms with van der Waals surface area (Å²) in [6.07, 6.45) is 7.93. The number of anilines is 1. The minimum atomic E-state index is -1.11. The Labute approximate surface area is 209 Å². The van der Waals surface area contributed by atoms with Crippen LogP contribution in [0.1, 0.15) is 95.7 Å². The van der Waals surface area contributed by atoms with Crippen molar-refractivity contribution in [2.24, 2.45) is 0 Å². The van der Waals surface area contributed by atoms with Crippen molar-refractivity contribution in [3.05, 3.63) is 41.7 Å². The Kier molecular flexibility index (Phi) is 7.25. The van der Waals surface area contributed by atoms with Gasteiger partial charge in [-0.25, -0.2) is 0 Å². The van der Waals surface area contributed by atoms with E-state index in [2.05, 4.69) is 26.1 Å². The highest BCUT2D eigenvalue weighted by atomic mass is 16.5. The van der Waals surface area contributed by atoms with Gasteiger partial charge < -0.3 is 10.1 Å². The van der Waals surface area contributed by atoms with Crippen LogP contribution in [0.25, 0.3) is 0 Å². The van der Waals surface area contributed by atoms with Gasteiger partial charge in [-0.15, -0.1) is 0 Å². The highest BCUT2D eigenvalue weighted by Crippen LogP contribution is 2.35. The van der Waals surface area contributed by atoms with Crippen LogP contribution in [-0.4, -0.2) is 39.8 Å². The maximum Gasteiger partial charge on any atom is 0.277 e. The molecule has 1 aliphatic carbocycles.